The standard InChI is InChI=1S/C12H17Cl2NO/c1-3-15-8-12(2,16)7-9-4-5-10(13)11(14)6-9/h4-6,15-16H,3,7-8H2,1-2H3. The van der Waals surface area contributed by atoms with Crippen LogP contribution in [0.2, 0.25) is 10.0 Å². The van der Waals surface area contributed by atoms with Crippen molar-refractivity contribution < 1.29 is 5.11 Å². The molecule has 0 bridgehead atoms. The van der Waals surface area contributed by atoms with Gasteiger partial charge >= 0.3 is 0 Å². The highest BCUT2D eigenvalue weighted by Crippen LogP contribution is 2.24. The predicted octanol–water partition coefficient (Wildman–Crippen LogP) is 2.90. The second-order valence-corrected chi connectivity index (χ2v) is 5.02. The number of benzene rings is 1. The molecule has 1 rings (SSSR count). The first-order chi connectivity index (χ1) is 7.44. The third kappa shape index (κ3) is 4.30. The van der Waals surface area contributed by atoms with Crippen molar-refractivity contribution in [1.82, 2.24) is 5.32 Å². The Morgan fingerprint density at radius 1 is 1.31 bits per heavy atom. The van der Waals surface area contributed by atoms with E-state index < -0.39 is 5.60 Å². The molecule has 1 unspecified atom stereocenters. The van der Waals surface area contributed by atoms with E-state index in [0.29, 0.717) is 23.0 Å². The van der Waals surface area contributed by atoms with E-state index in [1.54, 1.807) is 19.1 Å². The molecule has 16 heavy (non-hydrogen) atoms. The summed E-state index contributed by atoms with van der Waals surface area (Å²) >= 11 is 11.7. The normalized spacial score (nSPS) is 14.8. The van der Waals surface area contributed by atoms with E-state index in [0.717, 1.165) is 12.1 Å². The first-order valence-electron chi connectivity index (χ1n) is 5.31. The van der Waals surface area contributed by atoms with E-state index in [-0.39, 0.29) is 0 Å². The number of hydrogen-bond acceptors (Lipinski definition) is 2. The minimum absolute atomic E-state index is 0.526. The van der Waals surface area contributed by atoms with Crippen LogP contribution >= 0.6 is 23.2 Å². The van der Waals surface area contributed by atoms with Gasteiger partial charge in [-0.15, -0.1) is 0 Å². The van der Waals surface area contributed by atoms with Crippen molar-refractivity contribution in [3.05, 3.63) is 33.8 Å². The van der Waals surface area contributed by atoms with Crippen molar-refractivity contribution in [2.45, 2.75) is 25.9 Å². The van der Waals surface area contributed by atoms with Gasteiger partial charge < -0.3 is 10.4 Å². The minimum Gasteiger partial charge on any atom is -0.389 e. The number of halogens is 2. The molecule has 0 aliphatic rings. The Morgan fingerprint density at radius 3 is 2.56 bits per heavy atom. The third-order valence-corrected chi connectivity index (χ3v) is 3.06. The zero-order valence-electron chi connectivity index (χ0n) is 9.56. The summed E-state index contributed by atoms with van der Waals surface area (Å²) in [5, 5.41) is 14.3. The number of nitrogens with one attached hydrogen (secondary N) is 1. The van der Waals surface area contributed by atoms with Crippen LogP contribution in [0.1, 0.15) is 19.4 Å². The Kier molecular flexibility index (Phi) is 5.06. The van der Waals surface area contributed by atoms with E-state index in [9.17, 15) is 5.11 Å². The second kappa shape index (κ2) is 5.87. The lowest BCUT2D eigenvalue weighted by Gasteiger charge is -2.23. The summed E-state index contributed by atoms with van der Waals surface area (Å²) in [5.74, 6) is 0. The Balaban J connectivity index is 2.68. The second-order valence-electron chi connectivity index (χ2n) is 4.20. The Bertz CT molecular complexity index is 353. The first-order valence-corrected chi connectivity index (χ1v) is 6.07. The fourth-order valence-electron chi connectivity index (χ4n) is 1.55. The van der Waals surface area contributed by atoms with Gasteiger partial charge in [0.05, 0.1) is 15.6 Å². The summed E-state index contributed by atoms with van der Waals surface area (Å²) in [6, 6.07) is 5.43. The summed E-state index contributed by atoms with van der Waals surface area (Å²) in [5.41, 5.74) is 0.213. The topological polar surface area (TPSA) is 32.3 Å². The highest BCUT2D eigenvalue weighted by molar-refractivity contribution is 6.42. The van der Waals surface area contributed by atoms with Crippen molar-refractivity contribution in [2.75, 3.05) is 13.1 Å². The van der Waals surface area contributed by atoms with Crippen LogP contribution in [0.3, 0.4) is 0 Å². The highest BCUT2D eigenvalue weighted by atomic mass is 35.5. The van der Waals surface area contributed by atoms with Crippen molar-refractivity contribution in [3.63, 3.8) is 0 Å². The molecule has 2 nitrogen and oxygen atoms in total. The van der Waals surface area contributed by atoms with Crippen molar-refractivity contribution in [3.8, 4) is 0 Å². The van der Waals surface area contributed by atoms with Crippen LogP contribution in [0.25, 0.3) is 0 Å². The van der Waals surface area contributed by atoms with Crippen LogP contribution in [-0.2, 0) is 6.42 Å². The lowest BCUT2D eigenvalue weighted by molar-refractivity contribution is 0.0607. The van der Waals surface area contributed by atoms with Crippen LogP contribution in [0.5, 0.6) is 0 Å². The van der Waals surface area contributed by atoms with E-state index in [2.05, 4.69) is 5.32 Å². The zero-order chi connectivity index (χ0) is 12.2. The van der Waals surface area contributed by atoms with Gasteiger partial charge in [-0.1, -0.05) is 36.2 Å². The molecule has 0 radical (unpaired) electrons. The quantitative estimate of drug-likeness (QED) is 0.855. The molecule has 0 aromatic heterocycles. The van der Waals surface area contributed by atoms with Gasteiger partial charge in [0.25, 0.3) is 0 Å². The van der Waals surface area contributed by atoms with Crippen LogP contribution in [0.15, 0.2) is 18.2 Å². The minimum atomic E-state index is -0.771. The zero-order valence-corrected chi connectivity index (χ0v) is 11.1. The molecule has 0 saturated carbocycles. The predicted molar refractivity (Wildman–Crippen MR) is 69.3 cm³/mol. The molecular weight excluding hydrogens is 245 g/mol. The van der Waals surface area contributed by atoms with Gasteiger partial charge in [0, 0.05) is 13.0 Å². The van der Waals surface area contributed by atoms with Gasteiger partial charge in [-0.05, 0) is 31.2 Å². The summed E-state index contributed by atoms with van der Waals surface area (Å²) in [7, 11) is 0. The number of aliphatic hydroxyl groups is 1. The van der Waals surface area contributed by atoms with E-state index in [4.69, 9.17) is 23.2 Å². The molecule has 0 heterocycles. The summed E-state index contributed by atoms with van der Waals surface area (Å²) < 4.78 is 0. The molecule has 0 saturated heterocycles. The van der Waals surface area contributed by atoms with E-state index in [1.165, 1.54) is 0 Å². The summed E-state index contributed by atoms with van der Waals surface area (Å²) in [6.45, 7) is 5.22. The number of hydrogen-bond donors (Lipinski definition) is 2. The third-order valence-electron chi connectivity index (χ3n) is 2.32. The molecule has 1 aromatic rings. The van der Waals surface area contributed by atoms with Crippen molar-refractivity contribution in [2.24, 2.45) is 0 Å². The molecule has 2 N–H and O–H groups in total. The molecule has 0 spiro atoms. The lowest BCUT2D eigenvalue weighted by Crippen LogP contribution is -2.39. The summed E-state index contributed by atoms with van der Waals surface area (Å²) in [6.07, 6.45) is 0.552. The maximum absolute atomic E-state index is 10.1. The molecule has 0 amide bonds. The van der Waals surface area contributed by atoms with Gasteiger partial charge in [0.1, 0.15) is 0 Å². The number of rotatable bonds is 5. The molecule has 0 aliphatic heterocycles. The average Bonchev–Trinajstić information content (AvgIpc) is 2.20. The van der Waals surface area contributed by atoms with Crippen LogP contribution in [-0.4, -0.2) is 23.8 Å². The lowest BCUT2D eigenvalue weighted by atomic mass is 9.96. The molecule has 4 heteroatoms. The van der Waals surface area contributed by atoms with Gasteiger partial charge in [-0.25, -0.2) is 0 Å². The average molecular weight is 262 g/mol. The molecule has 1 aromatic carbocycles. The summed E-state index contributed by atoms with van der Waals surface area (Å²) in [4.78, 5) is 0. The van der Waals surface area contributed by atoms with Crippen LogP contribution in [0.4, 0.5) is 0 Å². The van der Waals surface area contributed by atoms with Crippen molar-refractivity contribution in [1.29, 1.82) is 0 Å². The van der Waals surface area contributed by atoms with Crippen molar-refractivity contribution >= 4 is 23.2 Å². The molecule has 1 atom stereocenters. The Morgan fingerprint density at radius 2 is 2.00 bits per heavy atom. The maximum atomic E-state index is 10.1. The largest absolute Gasteiger partial charge is 0.389 e. The van der Waals surface area contributed by atoms with Gasteiger partial charge in [0.15, 0.2) is 0 Å². The maximum Gasteiger partial charge on any atom is 0.0783 e. The van der Waals surface area contributed by atoms with E-state index in [1.807, 2.05) is 13.0 Å². The smallest absolute Gasteiger partial charge is 0.0783 e. The van der Waals surface area contributed by atoms with Crippen LogP contribution in [0, 0.1) is 0 Å². The van der Waals surface area contributed by atoms with Gasteiger partial charge in [0.2, 0.25) is 0 Å². The number of likely N-dealkylation sites (N-methyl/N-ethyl adjacent to an activating group) is 1. The van der Waals surface area contributed by atoms with E-state index >= 15 is 0 Å². The first kappa shape index (κ1) is 13.8. The Hall–Kier alpha value is -0.280. The molecule has 0 aliphatic carbocycles. The fraction of sp³-hybridized carbons (Fsp3) is 0.500. The van der Waals surface area contributed by atoms with Crippen LogP contribution < -0.4 is 5.32 Å². The Labute approximate surface area is 107 Å². The molecular formula is C12H17Cl2NO. The molecule has 0 fully saturated rings. The monoisotopic (exact) mass is 261 g/mol. The SMILES string of the molecule is CCNCC(C)(O)Cc1ccc(Cl)c(Cl)c1. The fourth-order valence-corrected chi connectivity index (χ4v) is 1.87. The van der Waals surface area contributed by atoms with Gasteiger partial charge in [-0.3, -0.25) is 0 Å². The molecule has 90 valence electrons. The highest BCUT2D eigenvalue weighted by Gasteiger charge is 2.20. The van der Waals surface area contributed by atoms with Gasteiger partial charge in [-0.2, -0.15) is 0 Å².